The predicted octanol–water partition coefficient (Wildman–Crippen LogP) is 4.47. The monoisotopic (exact) mass is 569 g/mol. The van der Waals surface area contributed by atoms with Crippen molar-refractivity contribution in [3.63, 3.8) is 0 Å². The molecule has 10 heteroatoms. The molecule has 2 fully saturated rings. The molecule has 2 aromatic heterocycles. The van der Waals surface area contributed by atoms with Crippen molar-refractivity contribution in [2.24, 2.45) is 0 Å². The third-order valence-electron chi connectivity index (χ3n) is 7.95. The fraction of sp³-hybridized carbons (Fsp3) is 0.438. The van der Waals surface area contributed by atoms with Crippen molar-refractivity contribution in [2.75, 3.05) is 49.2 Å². The second kappa shape index (κ2) is 13.3. The van der Waals surface area contributed by atoms with Gasteiger partial charge in [0, 0.05) is 49.8 Å². The summed E-state index contributed by atoms with van der Waals surface area (Å²) in [5, 5.41) is 0. The number of ether oxygens (including phenoxy) is 3. The van der Waals surface area contributed by atoms with E-state index < -0.39 is 5.79 Å². The van der Waals surface area contributed by atoms with E-state index in [4.69, 9.17) is 14.2 Å². The SMILES string of the molecule is CCCCCc1ccc([C@@]2(Cn3ccnc3)OC[C@H](COc3ccc(N4CCN(c5ncncn5)CC4)cc3)O2)cc1. The van der Waals surface area contributed by atoms with Crippen LogP contribution in [0.25, 0.3) is 0 Å². The third kappa shape index (κ3) is 6.71. The van der Waals surface area contributed by atoms with Crippen molar-refractivity contribution in [3.05, 3.63) is 91.0 Å². The molecule has 2 aliphatic heterocycles. The van der Waals surface area contributed by atoms with Crippen LogP contribution in [0.5, 0.6) is 5.75 Å². The number of unbranched alkanes of at least 4 members (excludes halogenated alkanes) is 2. The Balaban J connectivity index is 1.04. The molecule has 4 aromatic rings. The molecule has 6 rings (SSSR count). The molecule has 0 amide bonds. The molecule has 0 bridgehead atoms. The van der Waals surface area contributed by atoms with E-state index in [1.54, 1.807) is 25.2 Å². The van der Waals surface area contributed by atoms with Crippen molar-refractivity contribution in [2.45, 2.75) is 51.0 Å². The summed E-state index contributed by atoms with van der Waals surface area (Å²) in [5.74, 6) is 0.666. The van der Waals surface area contributed by atoms with E-state index in [0.717, 1.165) is 49.9 Å². The van der Waals surface area contributed by atoms with Crippen LogP contribution in [0.3, 0.4) is 0 Å². The lowest BCUT2D eigenvalue weighted by Crippen LogP contribution is -2.47. The number of benzene rings is 2. The first-order valence-electron chi connectivity index (χ1n) is 14.9. The van der Waals surface area contributed by atoms with Gasteiger partial charge in [0.2, 0.25) is 11.7 Å². The van der Waals surface area contributed by atoms with Gasteiger partial charge in [-0.1, -0.05) is 44.0 Å². The van der Waals surface area contributed by atoms with Crippen LogP contribution in [0.4, 0.5) is 11.6 Å². The zero-order valence-corrected chi connectivity index (χ0v) is 24.2. The number of imidazole rings is 1. The van der Waals surface area contributed by atoms with Crippen LogP contribution >= 0.6 is 0 Å². The maximum Gasteiger partial charge on any atom is 0.228 e. The summed E-state index contributed by atoms with van der Waals surface area (Å²) in [7, 11) is 0. The highest BCUT2D eigenvalue weighted by molar-refractivity contribution is 5.50. The molecule has 0 N–H and O–H groups in total. The quantitative estimate of drug-likeness (QED) is 0.229. The summed E-state index contributed by atoms with van der Waals surface area (Å²) in [4.78, 5) is 21.2. The van der Waals surface area contributed by atoms with Gasteiger partial charge in [-0.3, -0.25) is 0 Å². The lowest BCUT2D eigenvalue weighted by atomic mass is 10.0. The number of aromatic nitrogens is 5. The molecule has 4 heterocycles. The van der Waals surface area contributed by atoms with E-state index in [1.807, 2.05) is 22.9 Å². The van der Waals surface area contributed by atoms with E-state index in [2.05, 4.69) is 73.1 Å². The minimum Gasteiger partial charge on any atom is -0.491 e. The summed E-state index contributed by atoms with van der Waals surface area (Å²) in [5.41, 5.74) is 3.53. The van der Waals surface area contributed by atoms with Crippen LogP contribution in [0.15, 0.2) is 79.9 Å². The van der Waals surface area contributed by atoms with E-state index in [9.17, 15) is 0 Å². The van der Waals surface area contributed by atoms with E-state index in [1.165, 1.54) is 30.5 Å². The van der Waals surface area contributed by atoms with Crippen LogP contribution < -0.4 is 14.5 Å². The van der Waals surface area contributed by atoms with Crippen molar-refractivity contribution in [3.8, 4) is 5.75 Å². The standard InChI is InChI=1S/C32H39N7O3/c1-2-3-4-5-26-6-8-27(9-7-26)32(22-37-15-14-33-25-37)41-21-30(42-32)20-40-29-12-10-28(11-13-29)38-16-18-39(19-17-38)31-35-23-34-24-36-31/h6-15,23-25,30H,2-5,16-22H2,1H3/t30-,32-/m0/s1. The van der Waals surface area contributed by atoms with Gasteiger partial charge in [-0.05, 0) is 42.7 Å². The Morgan fingerprint density at radius 3 is 2.38 bits per heavy atom. The van der Waals surface area contributed by atoms with Gasteiger partial charge in [0.05, 0.1) is 19.5 Å². The first kappa shape index (κ1) is 28.1. The largest absolute Gasteiger partial charge is 0.491 e. The Morgan fingerprint density at radius 1 is 0.905 bits per heavy atom. The number of nitrogens with zero attached hydrogens (tertiary/aromatic N) is 7. The zero-order valence-electron chi connectivity index (χ0n) is 24.2. The Kier molecular flexibility index (Phi) is 8.91. The van der Waals surface area contributed by atoms with Gasteiger partial charge >= 0.3 is 0 Å². The molecule has 0 unspecified atom stereocenters. The van der Waals surface area contributed by atoms with Crippen LogP contribution in [0.1, 0.15) is 37.3 Å². The predicted molar refractivity (Wildman–Crippen MR) is 161 cm³/mol. The number of hydrogen-bond donors (Lipinski definition) is 0. The summed E-state index contributed by atoms with van der Waals surface area (Å²) >= 11 is 0. The summed E-state index contributed by atoms with van der Waals surface area (Å²) < 4.78 is 21.2. The van der Waals surface area contributed by atoms with Gasteiger partial charge in [0.25, 0.3) is 0 Å². The first-order chi connectivity index (χ1) is 20.7. The summed E-state index contributed by atoms with van der Waals surface area (Å²) in [6.45, 7) is 7.15. The lowest BCUT2D eigenvalue weighted by Gasteiger charge is -2.36. The molecule has 0 spiro atoms. The Morgan fingerprint density at radius 2 is 1.67 bits per heavy atom. The van der Waals surface area contributed by atoms with Crippen LogP contribution in [0, 0.1) is 0 Å². The molecular weight excluding hydrogens is 530 g/mol. The molecule has 2 saturated heterocycles. The fourth-order valence-corrected chi connectivity index (χ4v) is 5.60. The Hall–Kier alpha value is -4.02. The van der Waals surface area contributed by atoms with E-state index in [0.29, 0.717) is 19.8 Å². The molecule has 220 valence electrons. The minimum atomic E-state index is -0.885. The minimum absolute atomic E-state index is 0.194. The molecule has 0 saturated carbocycles. The zero-order chi connectivity index (χ0) is 28.6. The highest BCUT2D eigenvalue weighted by atomic mass is 16.8. The fourth-order valence-electron chi connectivity index (χ4n) is 5.60. The normalized spacial score (nSPS) is 20.6. The molecule has 0 radical (unpaired) electrons. The van der Waals surface area contributed by atoms with E-state index in [-0.39, 0.29) is 6.10 Å². The van der Waals surface area contributed by atoms with Crippen molar-refractivity contribution in [1.29, 1.82) is 0 Å². The maximum atomic E-state index is 6.61. The third-order valence-corrected chi connectivity index (χ3v) is 7.95. The number of hydrogen-bond acceptors (Lipinski definition) is 9. The maximum absolute atomic E-state index is 6.61. The van der Waals surface area contributed by atoms with Crippen LogP contribution in [0.2, 0.25) is 0 Å². The van der Waals surface area contributed by atoms with Gasteiger partial charge in [0.1, 0.15) is 31.1 Å². The average molecular weight is 570 g/mol. The average Bonchev–Trinajstić information content (AvgIpc) is 3.72. The van der Waals surface area contributed by atoms with Gasteiger partial charge < -0.3 is 28.6 Å². The number of aryl methyl sites for hydroxylation is 1. The molecule has 2 aromatic carbocycles. The molecule has 42 heavy (non-hydrogen) atoms. The second-order valence-electron chi connectivity index (χ2n) is 10.9. The molecule has 10 nitrogen and oxygen atoms in total. The van der Waals surface area contributed by atoms with Crippen molar-refractivity contribution < 1.29 is 14.2 Å². The highest BCUT2D eigenvalue weighted by Gasteiger charge is 2.44. The number of piperazine rings is 1. The highest BCUT2D eigenvalue weighted by Crippen LogP contribution is 2.37. The van der Waals surface area contributed by atoms with E-state index >= 15 is 0 Å². The summed E-state index contributed by atoms with van der Waals surface area (Å²) in [6.07, 6.45) is 13.2. The van der Waals surface area contributed by atoms with Gasteiger partial charge in [-0.15, -0.1) is 0 Å². The molecule has 0 aliphatic carbocycles. The number of rotatable bonds is 12. The van der Waals surface area contributed by atoms with Crippen molar-refractivity contribution in [1.82, 2.24) is 24.5 Å². The second-order valence-corrected chi connectivity index (χ2v) is 10.9. The lowest BCUT2D eigenvalue weighted by molar-refractivity contribution is -0.189. The molecule has 2 atom stereocenters. The Bertz CT molecular complexity index is 1360. The topological polar surface area (TPSA) is 90.7 Å². The number of anilines is 2. The molecular formula is C32H39N7O3. The van der Waals surface area contributed by atoms with Crippen LogP contribution in [-0.4, -0.2) is 70.0 Å². The van der Waals surface area contributed by atoms with Gasteiger partial charge in [0.15, 0.2) is 0 Å². The van der Waals surface area contributed by atoms with Gasteiger partial charge in [-0.25, -0.2) is 19.9 Å². The summed E-state index contributed by atoms with van der Waals surface area (Å²) in [6, 6.07) is 17.0. The first-order valence-corrected chi connectivity index (χ1v) is 14.9. The van der Waals surface area contributed by atoms with Gasteiger partial charge in [-0.2, -0.15) is 0 Å². The van der Waals surface area contributed by atoms with Crippen LogP contribution in [-0.2, 0) is 28.2 Å². The molecule has 2 aliphatic rings. The Labute approximate surface area is 247 Å². The van der Waals surface area contributed by atoms with Crippen molar-refractivity contribution >= 4 is 11.6 Å². The smallest absolute Gasteiger partial charge is 0.228 e.